The molecule has 0 atom stereocenters. The van der Waals surface area contributed by atoms with Crippen LogP contribution >= 0.6 is 12.6 Å². The average Bonchev–Trinajstić information content (AvgIpc) is 2.72. The summed E-state index contributed by atoms with van der Waals surface area (Å²) in [6, 6.07) is 17.8. The number of hydrogen-bond acceptors (Lipinski definition) is 1. The van der Waals surface area contributed by atoms with Crippen LogP contribution < -0.4 is 0 Å². The number of hydrogen-bond donors (Lipinski definition) is 1. The molecule has 1 fully saturated rings. The van der Waals surface area contributed by atoms with Crippen LogP contribution in [0.2, 0.25) is 0 Å². The van der Waals surface area contributed by atoms with Crippen LogP contribution in [0.4, 0.5) is 0 Å². The van der Waals surface area contributed by atoms with Gasteiger partial charge >= 0.3 is 0 Å². The van der Waals surface area contributed by atoms with Crippen molar-refractivity contribution < 1.29 is 0 Å². The Bertz CT molecular complexity index is 648. The van der Waals surface area contributed by atoms with Gasteiger partial charge in [-0.15, -0.1) is 12.6 Å². The maximum Gasteiger partial charge on any atom is 0.00404 e. The summed E-state index contributed by atoms with van der Waals surface area (Å²) in [5, 5.41) is 0. The molecule has 146 valence electrons. The number of unbranched alkanes of at least 4 members (excludes halogenated alkanes) is 5. The quantitative estimate of drug-likeness (QED) is 0.326. The van der Waals surface area contributed by atoms with Crippen LogP contribution in [0.25, 0.3) is 11.1 Å². The molecule has 0 amide bonds. The van der Waals surface area contributed by atoms with Crippen molar-refractivity contribution in [3.05, 3.63) is 54.1 Å². The molecule has 27 heavy (non-hydrogen) atoms. The molecule has 2 aromatic rings. The van der Waals surface area contributed by atoms with E-state index in [0.29, 0.717) is 0 Å². The van der Waals surface area contributed by atoms with Crippen molar-refractivity contribution >= 4 is 12.6 Å². The normalized spacial score (nSPS) is 19.9. The zero-order valence-electron chi connectivity index (χ0n) is 17.0. The highest BCUT2D eigenvalue weighted by molar-refractivity contribution is 7.80. The van der Waals surface area contributed by atoms with Gasteiger partial charge in [0.15, 0.2) is 0 Å². The average molecular weight is 381 g/mol. The molecule has 1 saturated carbocycles. The zero-order chi connectivity index (χ0) is 18.9. The first-order valence-corrected chi connectivity index (χ1v) is 11.6. The molecule has 0 heterocycles. The molecule has 0 aliphatic heterocycles. The van der Waals surface area contributed by atoms with Gasteiger partial charge in [0, 0.05) is 4.90 Å². The summed E-state index contributed by atoms with van der Waals surface area (Å²) >= 11 is 4.38. The molecule has 0 saturated heterocycles. The van der Waals surface area contributed by atoms with Crippen LogP contribution in [0.15, 0.2) is 53.4 Å². The Hall–Kier alpha value is -1.21. The Kier molecular flexibility index (Phi) is 8.33. The molecular weight excluding hydrogens is 344 g/mol. The lowest BCUT2D eigenvalue weighted by Gasteiger charge is -2.29. The summed E-state index contributed by atoms with van der Waals surface area (Å²) in [6.07, 6.45) is 15.7. The second-order valence-electron chi connectivity index (χ2n) is 8.44. The highest BCUT2D eigenvalue weighted by Gasteiger charge is 2.22. The Morgan fingerprint density at radius 1 is 0.704 bits per heavy atom. The third-order valence-electron chi connectivity index (χ3n) is 6.40. The molecular formula is C26H36S. The van der Waals surface area contributed by atoms with Crippen LogP contribution in [-0.2, 0) is 0 Å². The van der Waals surface area contributed by atoms with Gasteiger partial charge in [-0.25, -0.2) is 0 Å². The Balaban J connectivity index is 1.42. The molecule has 1 aliphatic rings. The first kappa shape index (κ1) is 20.5. The predicted molar refractivity (Wildman–Crippen MR) is 122 cm³/mol. The fraction of sp³-hybridized carbons (Fsp3) is 0.538. The molecule has 0 spiro atoms. The van der Waals surface area contributed by atoms with Gasteiger partial charge < -0.3 is 0 Å². The molecule has 1 heteroatoms. The lowest BCUT2D eigenvalue weighted by atomic mass is 9.77. The Morgan fingerprint density at radius 2 is 1.26 bits per heavy atom. The standard InChI is InChI=1S/C26H36S/c1-2-3-4-5-6-7-8-21-9-11-22(12-10-21)23-13-15-24(16-14-23)25-17-19-26(27)20-18-25/h13-22,27H,2-12H2,1H3. The van der Waals surface area contributed by atoms with E-state index < -0.39 is 0 Å². The van der Waals surface area contributed by atoms with E-state index in [-0.39, 0.29) is 0 Å². The van der Waals surface area contributed by atoms with Gasteiger partial charge in [0.2, 0.25) is 0 Å². The minimum Gasteiger partial charge on any atom is -0.143 e. The molecule has 3 rings (SSSR count). The molecule has 0 aromatic heterocycles. The summed E-state index contributed by atoms with van der Waals surface area (Å²) in [5.41, 5.74) is 4.13. The van der Waals surface area contributed by atoms with Crippen molar-refractivity contribution in [2.24, 2.45) is 5.92 Å². The van der Waals surface area contributed by atoms with Crippen LogP contribution in [-0.4, -0.2) is 0 Å². The van der Waals surface area contributed by atoms with E-state index in [1.165, 1.54) is 81.8 Å². The van der Waals surface area contributed by atoms with Crippen molar-refractivity contribution in [3.63, 3.8) is 0 Å². The molecule has 0 nitrogen and oxygen atoms in total. The van der Waals surface area contributed by atoms with Crippen molar-refractivity contribution in [2.45, 2.75) is 88.4 Å². The third kappa shape index (κ3) is 6.42. The molecule has 2 aromatic carbocycles. The highest BCUT2D eigenvalue weighted by atomic mass is 32.1. The summed E-state index contributed by atoms with van der Waals surface area (Å²) in [4.78, 5) is 1.02. The van der Waals surface area contributed by atoms with E-state index in [0.717, 1.165) is 16.7 Å². The predicted octanol–water partition coefficient (Wildman–Crippen LogP) is 8.67. The van der Waals surface area contributed by atoms with Gasteiger partial charge in [-0.05, 0) is 66.3 Å². The Morgan fingerprint density at radius 3 is 1.89 bits per heavy atom. The van der Waals surface area contributed by atoms with E-state index in [2.05, 4.69) is 68.1 Å². The smallest absolute Gasteiger partial charge is 0.00404 e. The lowest BCUT2D eigenvalue weighted by molar-refractivity contribution is 0.302. The molecule has 0 bridgehead atoms. The summed E-state index contributed by atoms with van der Waals surface area (Å²) in [5.74, 6) is 1.77. The second-order valence-corrected chi connectivity index (χ2v) is 8.96. The van der Waals surface area contributed by atoms with Crippen molar-refractivity contribution in [1.82, 2.24) is 0 Å². The number of rotatable bonds is 9. The minimum absolute atomic E-state index is 0.777. The van der Waals surface area contributed by atoms with E-state index >= 15 is 0 Å². The third-order valence-corrected chi connectivity index (χ3v) is 6.69. The van der Waals surface area contributed by atoms with E-state index in [1.54, 1.807) is 5.56 Å². The van der Waals surface area contributed by atoms with Gasteiger partial charge in [-0.2, -0.15) is 0 Å². The first-order valence-electron chi connectivity index (χ1n) is 11.2. The second kappa shape index (κ2) is 11.0. The largest absolute Gasteiger partial charge is 0.143 e. The number of thiol groups is 1. The van der Waals surface area contributed by atoms with E-state index in [4.69, 9.17) is 0 Å². The van der Waals surface area contributed by atoms with Crippen molar-refractivity contribution in [3.8, 4) is 11.1 Å². The monoisotopic (exact) mass is 380 g/mol. The van der Waals surface area contributed by atoms with E-state index in [9.17, 15) is 0 Å². The minimum atomic E-state index is 0.777. The van der Waals surface area contributed by atoms with Crippen molar-refractivity contribution in [1.29, 1.82) is 0 Å². The Labute approximate surface area is 172 Å². The zero-order valence-corrected chi connectivity index (χ0v) is 17.9. The van der Waals surface area contributed by atoms with Crippen LogP contribution in [0.5, 0.6) is 0 Å². The van der Waals surface area contributed by atoms with Gasteiger partial charge in [0.1, 0.15) is 0 Å². The molecule has 0 unspecified atom stereocenters. The van der Waals surface area contributed by atoms with Gasteiger partial charge in [-0.1, -0.05) is 88.3 Å². The summed E-state index contributed by atoms with van der Waals surface area (Å²) in [6.45, 7) is 2.30. The topological polar surface area (TPSA) is 0 Å². The summed E-state index contributed by atoms with van der Waals surface area (Å²) in [7, 11) is 0. The lowest BCUT2D eigenvalue weighted by Crippen LogP contribution is -2.13. The SMILES string of the molecule is CCCCCCCCC1CCC(c2ccc(-c3ccc(S)cc3)cc2)CC1. The molecule has 0 radical (unpaired) electrons. The fourth-order valence-corrected chi connectivity index (χ4v) is 4.75. The van der Waals surface area contributed by atoms with Crippen molar-refractivity contribution in [2.75, 3.05) is 0 Å². The number of benzene rings is 2. The maximum absolute atomic E-state index is 4.38. The van der Waals surface area contributed by atoms with Crippen LogP contribution in [0.3, 0.4) is 0 Å². The van der Waals surface area contributed by atoms with Gasteiger partial charge in [-0.3, -0.25) is 0 Å². The summed E-state index contributed by atoms with van der Waals surface area (Å²) < 4.78 is 0. The van der Waals surface area contributed by atoms with Crippen LogP contribution in [0.1, 0.15) is 89.0 Å². The maximum atomic E-state index is 4.38. The highest BCUT2D eigenvalue weighted by Crippen LogP contribution is 2.38. The van der Waals surface area contributed by atoms with Gasteiger partial charge in [0.25, 0.3) is 0 Å². The molecule has 1 aliphatic carbocycles. The first-order chi connectivity index (χ1) is 13.3. The fourth-order valence-electron chi connectivity index (χ4n) is 4.60. The van der Waals surface area contributed by atoms with E-state index in [1.807, 2.05) is 0 Å². The van der Waals surface area contributed by atoms with Crippen LogP contribution in [0, 0.1) is 5.92 Å². The molecule has 0 N–H and O–H groups in total. The van der Waals surface area contributed by atoms with Gasteiger partial charge in [0.05, 0.1) is 0 Å².